The molecule has 3 rings (SSSR count). The molecule has 24 heavy (non-hydrogen) atoms. The summed E-state index contributed by atoms with van der Waals surface area (Å²) in [5.41, 5.74) is 2.28. The highest BCUT2D eigenvalue weighted by atomic mass is 35.5. The largest absolute Gasteiger partial charge is 0.372 e. The van der Waals surface area contributed by atoms with Crippen LogP contribution in [-0.2, 0) is 4.79 Å². The van der Waals surface area contributed by atoms with E-state index < -0.39 is 0 Å². The van der Waals surface area contributed by atoms with Crippen LogP contribution in [0, 0.1) is 0 Å². The smallest absolute Gasteiger partial charge is 0.253 e. The van der Waals surface area contributed by atoms with Crippen LogP contribution < -0.4 is 15.5 Å². The van der Waals surface area contributed by atoms with E-state index in [9.17, 15) is 9.59 Å². The number of amides is 2. The van der Waals surface area contributed by atoms with Crippen molar-refractivity contribution in [2.45, 2.75) is 18.9 Å². The van der Waals surface area contributed by atoms with Gasteiger partial charge >= 0.3 is 0 Å². The number of nitrogens with zero attached hydrogens (tertiary/aromatic N) is 2. The Morgan fingerprint density at radius 3 is 2.75 bits per heavy atom. The summed E-state index contributed by atoms with van der Waals surface area (Å²) in [5, 5.41) is 6.16. The highest BCUT2D eigenvalue weighted by Crippen LogP contribution is 2.29. The van der Waals surface area contributed by atoms with Gasteiger partial charge in [0.15, 0.2) is 0 Å². The van der Waals surface area contributed by atoms with Crippen molar-refractivity contribution in [3.05, 3.63) is 23.8 Å². The van der Waals surface area contributed by atoms with Crippen LogP contribution in [-0.4, -0.2) is 56.5 Å². The summed E-state index contributed by atoms with van der Waals surface area (Å²) < 4.78 is 0. The van der Waals surface area contributed by atoms with Crippen LogP contribution in [0.4, 0.5) is 11.4 Å². The van der Waals surface area contributed by atoms with Gasteiger partial charge in [0.05, 0.1) is 11.4 Å². The van der Waals surface area contributed by atoms with Crippen LogP contribution in [0.25, 0.3) is 0 Å². The Labute approximate surface area is 154 Å². The van der Waals surface area contributed by atoms with Crippen LogP contribution >= 0.6 is 24.8 Å². The molecule has 0 spiro atoms. The average molecular weight is 375 g/mol. The molecule has 1 aromatic rings. The molecule has 2 N–H and O–H groups in total. The lowest BCUT2D eigenvalue weighted by atomic mass is 10.1. The highest BCUT2D eigenvalue weighted by molar-refractivity contribution is 6.01. The minimum absolute atomic E-state index is 0. The quantitative estimate of drug-likeness (QED) is 0.827. The molecule has 8 heteroatoms. The highest BCUT2D eigenvalue weighted by Gasteiger charge is 2.25. The molecule has 1 aromatic carbocycles. The lowest BCUT2D eigenvalue weighted by Gasteiger charge is -2.25. The van der Waals surface area contributed by atoms with Gasteiger partial charge in [0.25, 0.3) is 5.91 Å². The first-order valence-electron chi connectivity index (χ1n) is 7.69. The van der Waals surface area contributed by atoms with Crippen molar-refractivity contribution in [2.75, 3.05) is 43.9 Å². The van der Waals surface area contributed by atoms with E-state index in [0.717, 1.165) is 25.2 Å². The van der Waals surface area contributed by atoms with E-state index in [0.29, 0.717) is 24.2 Å². The predicted molar refractivity (Wildman–Crippen MR) is 101 cm³/mol. The number of halogens is 2. The molecule has 2 amide bonds. The van der Waals surface area contributed by atoms with E-state index in [1.807, 2.05) is 31.1 Å². The molecule has 1 saturated heterocycles. The summed E-state index contributed by atoms with van der Waals surface area (Å²) in [7, 11) is 3.80. The summed E-state index contributed by atoms with van der Waals surface area (Å²) >= 11 is 0. The molecule has 0 saturated carbocycles. The Bertz CT molecular complexity index is 606. The number of hydrogen-bond acceptors (Lipinski definition) is 4. The fourth-order valence-corrected chi connectivity index (χ4v) is 3.04. The van der Waals surface area contributed by atoms with Gasteiger partial charge in [-0.1, -0.05) is 0 Å². The third kappa shape index (κ3) is 4.12. The molecule has 1 atom stereocenters. The molecule has 2 aliphatic rings. The van der Waals surface area contributed by atoms with Crippen LogP contribution in [0.1, 0.15) is 23.2 Å². The van der Waals surface area contributed by atoms with Gasteiger partial charge in [0.1, 0.15) is 0 Å². The summed E-state index contributed by atoms with van der Waals surface area (Å²) in [6, 6.07) is 5.78. The summed E-state index contributed by atoms with van der Waals surface area (Å²) in [5.74, 6) is -0.0128. The van der Waals surface area contributed by atoms with Crippen molar-refractivity contribution in [1.29, 1.82) is 0 Å². The van der Waals surface area contributed by atoms with E-state index in [2.05, 4.69) is 10.6 Å². The van der Waals surface area contributed by atoms with E-state index in [1.165, 1.54) is 0 Å². The molecule has 0 aliphatic carbocycles. The van der Waals surface area contributed by atoms with Gasteiger partial charge in [0, 0.05) is 45.2 Å². The number of fused-ring (bicyclic) bond motifs is 1. The van der Waals surface area contributed by atoms with E-state index >= 15 is 0 Å². The molecule has 134 valence electrons. The number of anilines is 2. The molecular formula is C16H24Cl2N4O2. The van der Waals surface area contributed by atoms with Crippen LogP contribution in [0.15, 0.2) is 18.2 Å². The maximum atomic E-state index is 12.6. The molecule has 0 radical (unpaired) electrons. The molecule has 2 heterocycles. The van der Waals surface area contributed by atoms with E-state index in [4.69, 9.17) is 0 Å². The average Bonchev–Trinajstić information content (AvgIpc) is 3.01. The fraction of sp³-hybridized carbons (Fsp3) is 0.500. The first kappa shape index (κ1) is 20.5. The topological polar surface area (TPSA) is 64.7 Å². The van der Waals surface area contributed by atoms with Gasteiger partial charge in [-0.15, -0.1) is 24.8 Å². The molecular weight excluding hydrogens is 351 g/mol. The number of likely N-dealkylation sites (N-methyl/N-ethyl adjacent to an activating group) is 1. The second-order valence-corrected chi connectivity index (χ2v) is 6.01. The van der Waals surface area contributed by atoms with Crippen molar-refractivity contribution in [3.63, 3.8) is 0 Å². The molecule has 2 aliphatic heterocycles. The number of nitrogens with one attached hydrogen (secondary N) is 2. The second-order valence-electron chi connectivity index (χ2n) is 6.01. The van der Waals surface area contributed by atoms with Gasteiger partial charge < -0.3 is 20.4 Å². The Balaban J connectivity index is 0.00000144. The normalized spacial score (nSPS) is 19.3. The van der Waals surface area contributed by atoms with Crippen LogP contribution in [0.3, 0.4) is 0 Å². The first-order chi connectivity index (χ1) is 10.6. The van der Waals surface area contributed by atoms with Gasteiger partial charge in [-0.05, 0) is 31.2 Å². The molecule has 6 nitrogen and oxygen atoms in total. The van der Waals surface area contributed by atoms with Gasteiger partial charge in [-0.25, -0.2) is 0 Å². The number of carbonyl (C=O) groups is 2. The van der Waals surface area contributed by atoms with E-state index in [1.54, 1.807) is 11.0 Å². The third-order valence-electron chi connectivity index (χ3n) is 4.51. The minimum atomic E-state index is -0.0106. The zero-order valence-corrected chi connectivity index (χ0v) is 15.5. The first-order valence-corrected chi connectivity index (χ1v) is 7.69. The van der Waals surface area contributed by atoms with Crippen molar-refractivity contribution < 1.29 is 9.59 Å². The summed E-state index contributed by atoms with van der Waals surface area (Å²) in [4.78, 5) is 28.2. The lowest BCUT2D eigenvalue weighted by Crippen LogP contribution is -2.38. The Hall–Kier alpha value is -1.50. The van der Waals surface area contributed by atoms with Crippen molar-refractivity contribution in [3.8, 4) is 0 Å². The Morgan fingerprint density at radius 2 is 2.08 bits per heavy atom. The number of rotatable bonds is 2. The number of benzene rings is 1. The molecule has 1 fully saturated rings. The van der Waals surface area contributed by atoms with Crippen LogP contribution in [0.2, 0.25) is 0 Å². The standard InChI is InChI=1S/C16H22N4O2.2ClH/c1-19-8-6-15(21)18-13-9-11(3-4-14(13)19)16(22)20(2)12-5-7-17-10-12;;/h3-4,9,12,17H,5-8,10H2,1-2H3,(H,18,21);2*1H. The van der Waals surface area contributed by atoms with Crippen molar-refractivity contribution in [2.24, 2.45) is 0 Å². The maximum absolute atomic E-state index is 12.6. The third-order valence-corrected chi connectivity index (χ3v) is 4.51. The predicted octanol–water partition coefficient (Wildman–Crippen LogP) is 1.74. The Morgan fingerprint density at radius 1 is 1.33 bits per heavy atom. The van der Waals surface area contributed by atoms with Gasteiger partial charge in [-0.3, -0.25) is 9.59 Å². The summed E-state index contributed by atoms with van der Waals surface area (Å²) in [6.07, 6.45) is 1.44. The second kappa shape index (κ2) is 8.55. The number of carbonyl (C=O) groups excluding carboxylic acids is 2. The Kier molecular flexibility index (Phi) is 7.32. The molecule has 0 aromatic heterocycles. The zero-order valence-electron chi connectivity index (χ0n) is 13.9. The zero-order chi connectivity index (χ0) is 15.7. The van der Waals surface area contributed by atoms with Gasteiger partial charge in [-0.2, -0.15) is 0 Å². The maximum Gasteiger partial charge on any atom is 0.253 e. The van der Waals surface area contributed by atoms with Crippen molar-refractivity contribution in [1.82, 2.24) is 10.2 Å². The monoisotopic (exact) mass is 374 g/mol. The van der Waals surface area contributed by atoms with Crippen LogP contribution in [0.5, 0.6) is 0 Å². The summed E-state index contributed by atoms with van der Waals surface area (Å²) in [6.45, 7) is 2.47. The number of hydrogen-bond donors (Lipinski definition) is 2. The SMILES string of the molecule is CN1CCC(=O)Nc2cc(C(=O)N(C)C3CCNC3)ccc21.Cl.Cl. The van der Waals surface area contributed by atoms with Gasteiger partial charge in [0.2, 0.25) is 5.91 Å². The van der Waals surface area contributed by atoms with Crippen molar-refractivity contribution >= 4 is 48.0 Å². The van der Waals surface area contributed by atoms with E-state index in [-0.39, 0.29) is 42.7 Å². The molecule has 0 bridgehead atoms. The molecule has 1 unspecified atom stereocenters. The lowest BCUT2D eigenvalue weighted by molar-refractivity contribution is -0.115. The minimum Gasteiger partial charge on any atom is -0.372 e. The fourth-order valence-electron chi connectivity index (χ4n) is 3.04.